The second kappa shape index (κ2) is 6.19. The van der Waals surface area contributed by atoms with E-state index >= 15 is 0 Å². The van der Waals surface area contributed by atoms with E-state index in [1.54, 1.807) is 13.0 Å². The van der Waals surface area contributed by atoms with Gasteiger partial charge >= 0.3 is 0 Å². The quantitative estimate of drug-likeness (QED) is 0.856. The van der Waals surface area contributed by atoms with Gasteiger partial charge in [0.2, 0.25) is 0 Å². The van der Waals surface area contributed by atoms with Crippen LogP contribution in [0.15, 0.2) is 36.4 Å². The van der Waals surface area contributed by atoms with Crippen LogP contribution >= 0.6 is 0 Å². The molecule has 1 N–H and O–H groups in total. The van der Waals surface area contributed by atoms with Gasteiger partial charge in [-0.25, -0.2) is 4.39 Å². The first-order valence-electron chi connectivity index (χ1n) is 7.07. The Morgan fingerprint density at radius 2 is 1.75 bits per heavy atom. The van der Waals surface area contributed by atoms with Gasteiger partial charge in [-0.3, -0.25) is 0 Å². The monoisotopic (exact) mass is 271 g/mol. The second-order valence-corrected chi connectivity index (χ2v) is 5.65. The summed E-state index contributed by atoms with van der Waals surface area (Å²) in [5.41, 5.74) is 5.43. The molecule has 0 bridgehead atoms. The highest BCUT2D eigenvalue weighted by Gasteiger charge is 2.06. The van der Waals surface area contributed by atoms with Gasteiger partial charge in [0.15, 0.2) is 0 Å². The van der Waals surface area contributed by atoms with Crippen LogP contribution in [0, 0.1) is 19.7 Å². The summed E-state index contributed by atoms with van der Waals surface area (Å²) in [6, 6.07) is 12.2. The Labute approximate surface area is 120 Å². The minimum absolute atomic E-state index is 0.149. The van der Waals surface area contributed by atoms with E-state index in [0.29, 0.717) is 11.6 Å². The smallest absolute Gasteiger partial charge is 0.126 e. The molecule has 0 atom stereocenters. The maximum atomic E-state index is 13.3. The van der Waals surface area contributed by atoms with Crippen LogP contribution in [-0.4, -0.2) is 6.04 Å². The molecule has 0 saturated carbocycles. The minimum atomic E-state index is -0.149. The van der Waals surface area contributed by atoms with Crippen molar-refractivity contribution >= 4 is 0 Å². The van der Waals surface area contributed by atoms with Gasteiger partial charge in [-0.15, -0.1) is 0 Å². The van der Waals surface area contributed by atoms with Gasteiger partial charge in [0.1, 0.15) is 5.82 Å². The number of hydrogen-bond donors (Lipinski definition) is 1. The van der Waals surface area contributed by atoms with E-state index in [2.05, 4.69) is 44.3 Å². The number of nitrogens with one attached hydrogen (secondary N) is 1. The van der Waals surface area contributed by atoms with Gasteiger partial charge in [-0.1, -0.05) is 38.1 Å². The Hall–Kier alpha value is -1.67. The number of aryl methyl sites for hydroxylation is 2. The van der Waals surface area contributed by atoms with Gasteiger partial charge in [0, 0.05) is 12.6 Å². The van der Waals surface area contributed by atoms with Crippen molar-refractivity contribution in [1.29, 1.82) is 0 Å². The fourth-order valence-electron chi connectivity index (χ4n) is 2.29. The van der Waals surface area contributed by atoms with Gasteiger partial charge in [-0.2, -0.15) is 0 Å². The Morgan fingerprint density at radius 1 is 1.00 bits per heavy atom. The van der Waals surface area contributed by atoms with Crippen molar-refractivity contribution in [2.45, 2.75) is 40.3 Å². The first-order valence-corrected chi connectivity index (χ1v) is 7.07. The molecule has 0 saturated heterocycles. The van der Waals surface area contributed by atoms with E-state index < -0.39 is 0 Å². The lowest BCUT2D eigenvalue weighted by Gasteiger charge is -2.12. The lowest BCUT2D eigenvalue weighted by atomic mass is 9.97. The number of halogens is 1. The molecule has 0 aliphatic heterocycles. The number of rotatable bonds is 4. The van der Waals surface area contributed by atoms with E-state index in [-0.39, 0.29) is 5.82 Å². The van der Waals surface area contributed by atoms with Crippen molar-refractivity contribution in [3.8, 4) is 11.1 Å². The largest absolute Gasteiger partial charge is 0.310 e. The standard InChI is InChI=1S/C18H22FN/c1-12(2)20-11-15-5-7-17(13(3)9-15)16-6-8-18(19)14(4)10-16/h5-10,12,20H,11H2,1-4H3. The molecule has 0 radical (unpaired) electrons. The molecule has 20 heavy (non-hydrogen) atoms. The van der Waals surface area contributed by atoms with Gasteiger partial charge in [0.05, 0.1) is 0 Å². The van der Waals surface area contributed by atoms with Crippen LogP contribution in [-0.2, 0) is 6.54 Å². The highest BCUT2D eigenvalue weighted by molar-refractivity contribution is 5.68. The molecular formula is C18H22FN. The van der Waals surface area contributed by atoms with E-state index in [1.165, 1.54) is 16.7 Å². The highest BCUT2D eigenvalue weighted by Crippen LogP contribution is 2.26. The van der Waals surface area contributed by atoms with Crippen molar-refractivity contribution in [2.24, 2.45) is 0 Å². The third-order valence-electron chi connectivity index (χ3n) is 3.47. The second-order valence-electron chi connectivity index (χ2n) is 5.65. The molecule has 0 spiro atoms. The molecule has 106 valence electrons. The molecule has 2 aromatic carbocycles. The molecule has 0 amide bonds. The van der Waals surface area contributed by atoms with Crippen LogP contribution in [0.25, 0.3) is 11.1 Å². The van der Waals surface area contributed by atoms with Crippen molar-refractivity contribution in [2.75, 3.05) is 0 Å². The highest BCUT2D eigenvalue weighted by atomic mass is 19.1. The summed E-state index contributed by atoms with van der Waals surface area (Å²) < 4.78 is 13.3. The third-order valence-corrected chi connectivity index (χ3v) is 3.47. The predicted molar refractivity (Wildman–Crippen MR) is 83.3 cm³/mol. The van der Waals surface area contributed by atoms with Crippen LogP contribution in [0.3, 0.4) is 0 Å². The van der Waals surface area contributed by atoms with E-state index in [1.807, 2.05) is 12.1 Å². The zero-order valence-electron chi connectivity index (χ0n) is 12.6. The van der Waals surface area contributed by atoms with Crippen molar-refractivity contribution in [3.63, 3.8) is 0 Å². The Balaban J connectivity index is 2.27. The Bertz CT molecular complexity index is 602. The topological polar surface area (TPSA) is 12.0 Å². The third kappa shape index (κ3) is 3.45. The lowest BCUT2D eigenvalue weighted by Crippen LogP contribution is -2.21. The van der Waals surface area contributed by atoms with Gasteiger partial charge in [0.25, 0.3) is 0 Å². The summed E-state index contributed by atoms with van der Waals surface area (Å²) in [6.07, 6.45) is 0. The van der Waals surface area contributed by atoms with Crippen LogP contribution in [0.4, 0.5) is 4.39 Å². The molecule has 0 aliphatic rings. The predicted octanol–water partition coefficient (Wildman–Crippen LogP) is 4.61. The Kier molecular flexibility index (Phi) is 4.56. The molecule has 1 nitrogen and oxygen atoms in total. The SMILES string of the molecule is Cc1cc(-c2ccc(CNC(C)C)cc2C)ccc1F. The molecule has 0 aromatic heterocycles. The summed E-state index contributed by atoms with van der Waals surface area (Å²) in [7, 11) is 0. The van der Waals surface area contributed by atoms with Crippen LogP contribution < -0.4 is 5.32 Å². The summed E-state index contributed by atoms with van der Waals surface area (Å²) in [5, 5.41) is 3.42. The molecule has 2 heteroatoms. The first-order chi connectivity index (χ1) is 9.47. The summed E-state index contributed by atoms with van der Waals surface area (Å²) in [5.74, 6) is -0.149. The maximum absolute atomic E-state index is 13.3. The molecule has 2 aromatic rings. The molecule has 0 heterocycles. The molecular weight excluding hydrogens is 249 g/mol. The molecule has 2 rings (SSSR count). The fourth-order valence-corrected chi connectivity index (χ4v) is 2.29. The Morgan fingerprint density at radius 3 is 2.35 bits per heavy atom. The maximum Gasteiger partial charge on any atom is 0.126 e. The van der Waals surface area contributed by atoms with E-state index in [9.17, 15) is 4.39 Å². The summed E-state index contributed by atoms with van der Waals surface area (Å²) in [4.78, 5) is 0. The molecule has 0 fully saturated rings. The number of hydrogen-bond acceptors (Lipinski definition) is 1. The van der Waals surface area contributed by atoms with Gasteiger partial charge in [-0.05, 0) is 53.8 Å². The van der Waals surface area contributed by atoms with E-state index in [0.717, 1.165) is 12.1 Å². The molecule has 0 unspecified atom stereocenters. The van der Waals surface area contributed by atoms with Crippen molar-refractivity contribution < 1.29 is 4.39 Å². The molecule has 0 aliphatic carbocycles. The zero-order valence-corrected chi connectivity index (χ0v) is 12.6. The average molecular weight is 271 g/mol. The summed E-state index contributed by atoms with van der Waals surface area (Å²) >= 11 is 0. The average Bonchev–Trinajstić information content (AvgIpc) is 2.40. The minimum Gasteiger partial charge on any atom is -0.310 e. The van der Waals surface area contributed by atoms with Gasteiger partial charge < -0.3 is 5.32 Å². The van der Waals surface area contributed by atoms with Crippen molar-refractivity contribution in [3.05, 3.63) is 58.9 Å². The lowest BCUT2D eigenvalue weighted by molar-refractivity contribution is 0.589. The van der Waals surface area contributed by atoms with Crippen LogP contribution in [0.2, 0.25) is 0 Å². The fraction of sp³-hybridized carbons (Fsp3) is 0.333. The van der Waals surface area contributed by atoms with Crippen LogP contribution in [0.5, 0.6) is 0 Å². The van der Waals surface area contributed by atoms with Crippen LogP contribution in [0.1, 0.15) is 30.5 Å². The number of benzene rings is 2. The summed E-state index contributed by atoms with van der Waals surface area (Å²) in [6.45, 7) is 9.06. The first kappa shape index (κ1) is 14.7. The van der Waals surface area contributed by atoms with E-state index in [4.69, 9.17) is 0 Å². The zero-order chi connectivity index (χ0) is 14.7. The normalized spacial score (nSPS) is 11.1. The van der Waals surface area contributed by atoms with Crippen molar-refractivity contribution in [1.82, 2.24) is 5.32 Å².